The number of rotatable bonds is 7. The molecule has 0 fully saturated rings. The van der Waals surface area contributed by atoms with Crippen LogP contribution in [0, 0.1) is 6.92 Å². The zero-order chi connectivity index (χ0) is 21.7. The lowest BCUT2D eigenvalue weighted by Crippen LogP contribution is -2.11. The van der Waals surface area contributed by atoms with Crippen LogP contribution in [-0.2, 0) is 4.79 Å². The van der Waals surface area contributed by atoms with Crippen LogP contribution in [0.5, 0.6) is 11.5 Å². The number of carbonyl (C=O) groups excluding carboxylic acids is 1. The van der Waals surface area contributed by atoms with E-state index in [9.17, 15) is 4.79 Å². The number of ether oxygens (including phenoxy) is 2. The van der Waals surface area contributed by atoms with E-state index in [1.807, 2.05) is 70.2 Å². The van der Waals surface area contributed by atoms with Crippen LogP contribution >= 0.6 is 0 Å². The monoisotopic (exact) mass is 403 g/mol. The van der Waals surface area contributed by atoms with Crippen molar-refractivity contribution in [1.82, 2.24) is 0 Å². The first-order valence-electron chi connectivity index (χ1n) is 10.3. The van der Waals surface area contributed by atoms with Crippen LogP contribution in [-0.4, -0.2) is 19.1 Å². The summed E-state index contributed by atoms with van der Waals surface area (Å²) in [5.41, 5.74) is 5.99. The van der Waals surface area contributed by atoms with Crippen molar-refractivity contribution in [3.63, 3.8) is 0 Å². The van der Waals surface area contributed by atoms with Gasteiger partial charge in [0.2, 0.25) is 5.91 Å². The standard InChI is InChI=1S/C26H29NO3/c1-6-25(28)27-23-16-15-21(19-11-13-20(14-12-19)30-17(2)3)26(18(23)4)22-9-7-8-10-24(22)29-5/h7-17H,6H2,1-5H3,(H,27,28). The molecule has 0 heterocycles. The van der Waals surface area contributed by atoms with E-state index in [0.29, 0.717) is 6.42 Å². The van der Waals surface area contributed by atoms with Crippen molar-refractivity contribution >= 4 is 11.6 Å². The Labute approximate surface area is 178 Å². The van der Waals surface area contributed by atoms with Crippen molar-refractivity contribution < 1.29 is 14.3 Å². The fourth-order valence-corrected chi connectivity index (χ4v) is 3.51. The van der Waals surface area contributed by atoms with Gasteiger partial charge in [0.25, 0.3) is 0 Å². The zero-order valence-corrected chi connectivity index (χ0v) is 18.3. The van der Waals surface area contributed by atoms with Gasteiger partial charge in [0.15, 0.2) is 0 Å². The second-order valence-electron chi connectivity index (χ2n) is 7.45. The van der Waals surface area contributed by atoms with Gasteiger partial charge in [0, 0.05) is 17.7 Å². The summed E-state index contributed by atoms with van der Waals surface area (Å²) < 4.78 is 11.4. The molecule has 1 N–H and O–H groups in total. The Bertz CT molecular complexity index is 1020. The fourth-order valence-electron chi connectivity index (χ4n) is 3.51. The van der Waals surface area contributed by atoms with Gasteiger partial charge < -0.3 is 14.8 Å². The van der Waals surface area contributed by atoms with Crippen LogP contribution in [0.3, 0.4) is 0 Å². The van der Waals surface area contributed by atoms with Gasteiger partial charge in [-0.2, -0.15) is 0 Å². The molecule has 0 aliphatic rings. The SMILES string of the molecule is CCC(=O)Nc1ccc(-c2ccc(OC(C)C)cc2)c(-c2ccccc2OC)c1C. The normalized spacial score (nSPS) is 10.7. The molecule has 0 bridgehead atoms. The minimum Gasteiger partial charge on any atom is -0.496 e. The molecule has 156 valence electrons. The quantitative estimate of drug-likeness (QED) is 0.491. The number of carbonyl (C=O) groups is 1. The highest BCUT2D eigenvalue weighted by Crippen LogP contribution is 2.42. The molecule has 1 amide bonds. The molecule has 0 aliphatic carbocycles. The molecule has 30 heavy (non-hydrogen) atoms. The third-order valence-electron chi connectivity index (χ3n) is 4.97. The van der Waals surface area contributed by atoms with Crippen LogP contribution in [0.1, 0.15) is 32.8 Å². The predicted molar refractivity (Wildman–Crippen MR) is 123 cm³/mol. The molecule has 0 unspecified atom stereocenters. The van der Waals surface area contributed by atoms with Crippen molar-refractivity contribution in [2.24, 2.45) is 0 Å². The molecule has 0 atom stereocenters. The Balaban J connectivity index is 2.17. The van der Waals surface area contributed by atoms with Gasteiger partial charge in [-0.15, -0.1) is 0 Å². The summed E-state index contributed by atoms with van der Waals surface area (Å²) in [4.78, 5) is 12.0. The van der Waals surface area contributed by atoms with Crippen LogP contribution in [0.15, 0.2) is 60.7 Å². The van der Waals surface area contributed by atoms with E-state index in [-0.39, 0.29) is 12.0 Å². The average molecular weight is 404 g/mol. The summed E-state index contributed by atoms with van der Waals surface area (Å²) >= 11 is 0. The summed E-state index contributed by atoms with van der Waals surface area (Å²) in [5, 5.41) is 3.02. The van der Waals surface area contributed by atoms with E-state index in [1.54, 1.807) is 7.11 Å². The van der Waals surface area contributed by atoms with Gasteiger partial charge in [-0.05, 0) is 67.3 Å². The Hall–Kier alpha value is -3.27. The number of amides is 1. The van der Waals surface area contributed by atoms with Crippen molar-refractivity contribution in [2.45, 2.75) is 40.2 Å². The third-order valence-corrected chi connectivity index (χ3v) is 4.97. The summed E-state index contributed by atoms with van der Waals surface area (Å²) in [6.07, 6.45) is 0.561. The number of para-hydroxylation sites is 1. The molecule has 3 rings (SSSR count). The molecule has 3 aromatic rings. The van der Waals surface area contributed by atoms with Crippen molar-refractivity contribution in [1.29, 1.82) is 0 Å². The molecule has 4 nitrogen and oxygen atoms in total. The van der Waals surface area contributed by atoms with E-state index in [1.165, 1.54) is 0 Å². The predicted octanol–water partition coefficient (Wildman–Crippen LogP) is 6.47. The van der Waals surface area contributed by atoms with E-state index in [2.05, 4.69) is 23.5 Å². The van der Waals surface area contributed by atoms with Crippen LogP contribution in [0.25, 0.3) is 22.3 Å². The lowest BCUT2D eigenvalue weighted by Gasteiger charge is -2.19. The average Bonchev–Trinajstić information content (AvgIpc) is 2.75. The fraction of sp³-hybridized carbons (Fsp3) is 0.269. The second kappa shape index (κ2) is 9.49. The summed E-state index contributed by atoms with van der Waals surface area (Å²) in [5.74, 6) is 1.63. The maximum Gasteiger partial charge on any atom is 0.224 e. The molecule has 0 aromatic heterocycles. The number of hydrogen-bond acceptors (Lipinski definition) is 3. The van der Waals surface area contributed by atoms with Crippen molar-refractivity contribution in [3.05, 3.63) is 66.2 Å². The number of hydrogen-bond donors (Lipinski definition) is 1. The molecule has 0 saturated heterocycles. The molecule has 0 saturated carbocycles. The maximum absolute atomic E-state index is 12.0. The first kappa shape index (κ1) is 21.4. The molecule has 0 radical (unpaired) electrons. The highest BCUT2D eigenvalue weighted by atomic mass is 16.5. The molecule has 0 spiro atoms. The highest BCUT2D eigenvalue weighted by molar-refractivity contribution is 5.96. The lowest BCUT2D eigenvalue weighted by atomic mass is 9.89. The smallest absolute Gasteiger partial charge is 0.224 e. The number of nitrogens with one attached hydrogen (secondary N) is 1. The van der Waals surface area contributed by atoms with E-state index in [4.69, 9.17) is 9.47 Å². The van der Waals surface area contributed by atoms with Crippen molar-refractivity contribution in [3.8, 4) is 33.8 Å². The molecular formula is C26H29NO3. The van der Waals surface area contributed by atoms with Gasteiger partial charge in [-0.1, -0.05) is 43.3 Å². The molecule has 4 heteroatoms. The van der Waals surface area contributed by atoms with Gasteiger partial charge in [0.05, 0.1) is 13.2 Å². The van der Waals surface area contributed by atoms with Crippen LogP contribution < -0.4 is 14.8 Å². The van der Waals surface area contributed by atoms with E-state index >= 15 is 0 Å². The van der Waals surface area contributed by atoms with E-state index < -0.39 is 0 Å². The molecule has 0 aliphatic heterocycles. The van der Waals surface area contributed by atoms with Crippen LogP contribution in [0.2, 0.25) is 0 Å². The number of methoxy groups -OCH3 is 1. The van der Waals surface area contributed by atoms with Gasteiger partial charge in [-0.3, -0.25) is 4.79 Å². The summed E-state index contributed by atoms with van der Waals surface area (Å²) in [6.45, 7) is 7.91. The largest absolute Gasteiger partial charge is 0.496 e. The Morgan fingerprint density at radius 1 is 0.967 bits per heavy atom. The zero-order valence-electron chi connectivity index (χ0n) is 18.3. The highest BCUT2D eigenvalue weighted by Gasteiger charge is 2.17. The summed E-state index contributed by atoms with van der Waals surface area (Å²) in [7, 11) is 1.68. The first-order chi connectivity index (χ1) is 14.4. The Morgan fingerprint density at radius 2 is 1.67 bits per heavy atom. The minimum atomic E-state index is -0.00739. The minimum absolute atomic E-state index is 0.00739. The van der Waals surface area contributed by atoms with Gasteiger partial charge >= 0.3 is 0 Å². The molecular weight excluding hydrogens is 374 g/mol. The number of anilines is 1. The number of benzene rings is 3. The lowest BCUT2D eigenvalue weighted by molar-refractivity contribution is -0.115. The van der Waals surface area contributed by atoms with Crippen molar-refractivity contribution in [2.75, 3.05) is 12.4 Å². The van der Waals surface area contributed by atoms with Gasteiger partial charge in [-0.25, -0.2) is 0 Å². The van der Waals surface area contributed by atoms with Gasteiger partial charge in [0.1, 0.15) is 11.5 Å². The second-order valence-corrected chi connectivity index (χ2v) is 7.45. The first-order valence-corrected chi connectivity index (χ1v) is 10.3. The third kappa shape index (κ3) is 4.65. The van der Waals surface area contributed by atoms with E-state index in [0.717, 1.165) is 45.0 Å². The molecule has 3 aromatic carbocycles. The Kier molecular flexibility index (Phi) is 6.78. The summed E-state index contributed by atoms with van der Waals surface area (Å²) in [6, 6.07) is 20.1. The Morgan fingerprint density at radius 3 is 2.30 bits per heavy atom. The topological polar surface area (TPSA) is 47.6 Å². The maximum atomic E-state index is 12.0. The van der Waals surface area contributed by atoms with Crippen LogP contribution in [0.4, 0.5) is 5.69 Å².